The molecule has 0 aliphatic heterocycles. The Bertz CT molecular complexity index is 599. The lowest BCUT2D eigenvalue weighted by atomic mass is 9.99. The first-order chi connectivity index (χ1) is 9.49. The molecule has 0 aliphatic carbocycles. The summed E-state index contributed by atoms with van der Waals surface area (Å²) in [6.45, 7) is 0. The lowest BCUT2D eigenvalue weighted by Crippen LogP contribution is -2.19. The number of hydrogen-bond donors (Lipinski definition) is 1. The summed E-state index contributed by atoms with van der Waals surface area (Å²) < 4.78 is 15.1. The number of likely N-dealkylation sites (N-methyl/N-ethyl adjacent to an activating group) is 1. The summed E-state index contributed by atoms with van der Waals surface area (Å²) in [5.41, 5.74) is 2.05. The summed E-state index contributed by atoms with van der Waals surface area (Å²) >= 11 is 13.1. The van der Waals surface area contributed by atoms with Crippen molar-refractivity contribution in [3.05, 3.63) is 67.3 Å². The van der Waals surface area contributed by atoms with Crippen molar-refractivity contribution in [1.29, 1.82) is 0 Å². The number of rotatable bonds is 4. The van der Waals surface area contributed by atoms with E-state index < -0.39 is 0 Å². The highest BCUT2D eigenvalue weighted by molar-refractivity contribution is 9.11. The highest BCUT2D eigenvalue weighted by Gasteiger charge is 2.13. The Morgan fingerprint density at radius 1 is 1.15 bits per heavy atom. The van der Waals surface area contributed by atoms with E-state index in [-0.39, 0.29) is 11.9 Å². The van der Waals surface area contributed by atoms with Crippen LogP contribution in [0.15, 0.2) is 45.3 Å². The number of hydrogen-bond acceptors (Lipinski definition) is 1. The van der Waals surface area contributed by atoms with Crippen LogP contribution in [0.5, 0.6) is 0 Å². The molecular formula is C15H13Br2ClFN. The monoisotopic (exact) mass is 419 g/mol. The Kier molecular flexibility index (Phi) is 5.61. The fourth-order valence-electron chi connectivity index (χ4n) is 2.07. The zero-order valence-corrected chi connectivity index (χ0v) is 14.7. The van der Waals surface area contributed by atoms with Gasteiger partial charge in [-0.15, -0.1) is 0 Å². The van der Waals surface area contributed by atoms with Crippen molar-refractivity contribution in [2.45, 2.75) is 12.5 Å². The molecule has 2 rings (SSSR count). The molecule has 0 bridgehead atoms. The molecule has 0 fully saturated rings. The lowest BCUT2D eigenvalue weighted by Gasteiger charge is -2.18. The first kappa shape index (κ1) is 16.0. The Balaban J connectivity index is 2.28. The van der Waals surface area contributed by atoms with Gasteiger partial charge in [-0.2, -0.15) is 0 Å². The van der Waals surface area contributed by atoms with Crippen molar-refractivity contribution < 1.29 is 4.39 Å². The van der Waals surface area contributed by atoms with Crippen LogP contribution in [0, 0.1) is 5.82 Å². The van der Waals surface area contributed by atoms with Crippen molar-refractivity contribution in [2.24, 2.45) is 0 Å². The van der Waals surface area contributed by atoms with Gasteiger partial charge in [0.25, 0.3) is 0 Å². The van der Waals surface area contributed by atoms with Crippen LogP contribution in [0.3, 0.4) is 0 Å². The maximum Gasteiger partial charge on any atom is 0.124 e. The minimum absolute atomic E-state index is 0.103. The molecule has 1 atom stereocenters. The van der Waals surface area contributed by atoms with Gasteiger partial charge < -0.3 is 5.32 Å². The van der Waals surface area contributed by atoms with Crippen molar-refractivity contribution in [1.82, 2.24) is 5.32 Å². The summed E-state index contributed by atoms with van der Waals surface area (Å²) in [5.74, 6) is -0.315. The van der Waals surface area contributed by atoms with Gasteiger partial charge in [0, 0.05) is 20.0 Å². The van der Waals surface area contributed by atoms with Gasteiger partial charge in [-0.3, -0.25) is 0 Å². The first-order valence-electron chi connectivity index (χ1n) is 6.07. The van der Waals surface area contributed by atoms with Crippen molar-refractivity contribution in [2.75, 3.05) is 7.05 Å². The van der Waals surface area contributed by atoms with Gasteiger partial charge in [0.1, 0.15) is 5.82 Å². The fraction of sp³-hybridized carbons (Fsp3) is 0.200. The fourth-order valence-corrected chi connectivity index (χ4v) is 3.64. The van der Waals surface area contributed by atoms with Crippen LogP contribution >= 0.6 is 43.5 Å². The highest BCUT2D eigenvalue weighted by atomic mass is 79.9. The van der Waals surface area contributed by atoms with Crippen molar-refractivity contribution in [3.8, 4) is 0 Å². The molecule has 0 aliphatic rings. The van der Waals surface area contributed by atoms with Crippen LogP contribution in [-0.4, -0.2) is 7.05 Å². The van der Waals surface area contributed by atoms with Gasteiger partial charge in [-0.25, -0.2) is 4.39 Å². The quantitative estimate of drug-likeness (QED) is 0.687. The predicted molar refractivity (Wildman–Crippen MR) is 88.8 cm³/mol. The molecule has 2 aromatic rings. The molecule has 0 radical (unpaired) electrons. The summed E-state index contributed by atoms with van der Waals surface area (Å²) in [6.07, 6.45) is 0.693. The summed E-state index contributed by atoms with van der Waals surface area (Å²) in [7, 11) is 1.90. The van der Waals surface area contributed by atoms with Crippen LogP contribution in [0.4, 0.5) is 4.39 Å². The third-order valence-electron chi connectivity index (χ3n) is 3.07. The van der Waals surface area contributed by atoms with Gasteiger partial charge in [0.15, 0.2) is 0 Å². The van der Waals surface area contributed by atoms with Crippen LogP contribution in [0.2, 0.25) is 5.02 Å². The Labute approximate surface area is 139 Å². The molecule has 0 amide bonds. The van der Waals surface area contributed by atoms with Crippen LogP contribution in [0.1, 0.15) is 17.2 Å². The first-order valence-corrected chi connectivity index (χ1v) is 8.03. The van der Waals surface area contributed by atoms with Gasteiger partial charge in [0.2, 0.25) is 0 Å². The average Bonchev–Trinajstić information content (AvgIpc) is 2.36. The maximum atomic E-state index is 13.1. The van der Waals surface area contributed by atoms with Gasteiger partial charge in [0.05, 0.1) is 0 Å². The molecule has 20 heavy (non-hydrogen) atoms. The average molecular weight is 422 g/mol. The number of benzene rings is 2. The van der Waals surface area contributed by atoms with E-state index in [0.29, 0.717) is 11.4 Å². The number of nitrogens with one attached hydrogen (secondary N) is 1. The second-order valence-electron chi connectivity index (χ2n) is 4.48. The van der Waals surface area contributed by atoms with E-state index in [4.69, 9.17) is 11.6 Å². The van der Waals surface area contributed by atoms with Crippen molar-refractivity contribution >= 4 is 43.5 Å². The van der Waals surface area contributed by atoms with E-state index in [1.165, 1.54) is 12.1 Å². The molecule has 1 nitrogen and oxygen atoms in total. The van der Waals surface area contributed by atoms with Gasteiger partial charge in [-0.1, -0.05) is 49.5 Å². The number of halogens is 4. The van der Waals surface area contributed by atoms with Gasteiger partial charge in [-0.05, 0) is 54.9 Å². The standard InChI is InChI=1S/C15H13Br2ClFN/c1-20-15(10-4-11(16)7-12(17)5-10)6-9-2-3-13(19)8-14(9)18/h2-5,7-8,15,20H,6H2,1H3. The maximum absolute atomic E-state index is 13.1. The largest absolute Gasteiger partial charge is 0.313 e. The SMILES string of the molecule is CNC(Cc1ccc(F)cc1Cl)c1cc(Br)cc(Br)c1. The molecule has 0 saturated carbocycles. The Hall–Kier alpha value is -0.420. The zero-order chi connectivity index (χ0) is 14.7. The predicted octanol–water partition coefficient (Wildman–Crippen LogP) is 5.51. The minimum Gasteiger partial charge on any atom is -0.313 e. The van der Waals surface area contributed by atoms with E-state index in [2.05, 4.69) is 49.3 Å². The third-order valence-corrected chi connectivity index (χ3v) is 4.34. The zero-order valence-electron chi connectivity index (χ0n) is 10.8. The molecule has 1 N–H and O–H groups in total. The van der Waals surface area contributed by atoms with E-state index in [1.54, 1.807) is 6.07 Å². The van der Waals surface area contributed by atoms with E-state index in [9.17, 15) is 4.39 Å². The minimum atomic E-state index is -0.315. The Morgan fingerprint density at radius 2 is 1.80 bits per heavy atom. The summed E-state index contributed by atoms with van der Waals surface area (Å²) in [6, 6.07) is 10.7. The van der Waals surface area contributed by atoms with E-state index in [0.717, 1.165) is 20.1 Å². The lowest BCUT2D eigenvalue weighted by molar-refractivity contribution is 0.588. The summed E-state index contributed by atoms with van der Waals surface area (Å²) in [4.78, 5) is 0. The molecule has 0 spiro atoms. The third kappa shape index (κ3) is 4.04. The molecule has 106 valence electrons. The second-order valence-corrected chi connectivity index (χ2v) is 6.72. The molecule has 1 unspecified atom stereocenters. The van der Waals surface area contributed by atoms with Crippen LogP contribution in [0.25, 0.3) is 0 Å². The van der Waals surface area contributed by atoms with Gasteiger partial charge >= 0.3 is 0 Å². The van der Waals surface area contributed by atoms with Crippen molar-refractivity contribution in [3.63, 3.8) is 0 Å². The van der Waals surface area contributed by atoms with E-state index >= 15 is 0 Å². The Morgan fingerprint density at radius 3 is 2.35 bits per heavy atom. The highest BCUT2D eigenvalue weighted by Crippen LogP contribution is 2.28. The second kappa shape index (κ2) is 7.03. The molecule has 2 aromatic carbocycles. The molecular weight excluding hydrogens is 408 g/mol. The molecule has 0 heterocycles. The topological polar surface area (TPSA) is 12.0 Å². The van der Waals surface area contributed by atoms with Crippen LogP contribution in [-0.2, 0) is 6.42 Å². The normalized spacial score (nSPS) is 12.4. The van der Waals surface area contributed by atoms with Crippen LogP contribution < -0.4 is 5.32 Å². The summed E-state index contributed by atoms with van der Waals surface area (Å²) in [5, 5.41) is 3.73. The van der Waals surface area contributed by atoms with E-state index in [1.807, 2.05) is 13.1 Å². The molecule has 0 aromatic heterocycles. The molecule has 5 heteroatoms. The molecule has 0 saturated heterocycles. The smallest absolute Gasteiger partial charge is 0.124 e.